The number of carboxylic acid groups (broad SMARTS) is 1. The third-order valence-corrected chi connectivity index (χ3v) is 2.00. The summed E-state index contributed by atoms with van der Waals surface area (Å²) in [7, 11) is 0. The molecule has 0 unspecified atom stereocenters. The van der Waals surface area contributed by atoms with Crippen molar-refractivity contribution in [3.63, 3.8) is 0 Å². The quantitative estimate of drug-likeness (QED) is 0.625. The maximum Gasteiger partial charge on any atom is 0.335 e. The molecule has 1 N–H and O–H groups in total. The van der Waals surface area contributed by atoms with Crippen molar-refractivity contribution in [1.82, 2.24) is 0 Å². The van der Waals surface area contributed by atoms with Gasteiger partial charge in [-0.1, -0.05) is 11.6 Å². The second kappa shape index (κ2) is 2.91. The number of allylic oxidation sites excluding steroid dienone is 2. The summed E-state index contributed by atoms with van der Waals surface area (Å²) in [5, 5.41) is 8.78. The van der Waals surface area contributed by atoms with Gasteiger partial charge in [0.25, 0.3) is 0 Å². The van der Waals surface area contributed by atoms with E-state index in [1.54, 1.807) is 0 Å². The van der Waals surface area contributed by atoms with Crippen LogP contribution >= 0.6 is 0 Å². The van der Waals surface area contributed by atoms with Crippen molar-refractivity contribution in [1.29, 1.82) is 0 Å². The highest BCUT2D eigenvalue weighted by molar-refractivity contribution is 5.92. The lowest BCUT2D eigenvalue weighted by Gasteiger charge is -2.12. The molecule has 0 heterocycles. The van der Waals surface area contributed by atoms with Crippen LogP contribution in [-0.4, -0.2) is 11.1 Å². The van der Waals surface area contributed by atoms with E-state index < -0.39 is 5.97 Å². The van der Waals surface area contributed by atoms with Gasteiger partial charge in [0.15, 0.2) is 0 Å². The molecule has 0 saturated heterocycles. The van der Waals surface area contributed by atoms with Crippen LogP contribution in [0.4, 0.5) is 0 Å². The minimum atomic E-state index is -0.795. The van der Waals surface area contributed by atoms with E-state index in [-0.39, 0.29) is 0 Å². The Bertz CT molecular complexity index is 246. The summed E-state index contributed by atoms with van der Waals surface area (Å²) in [5.41, 5.74) is 2.41. The minimum absolute atomic E-state index is 0.510. The lowest BCUT2D eigenvalue weighted by Crippen LogP contribution is -2.07. The van der Waals surface area contributed by atoms with Crippen LogP contribution in [0.25, 0.3) is 0 Å². The minimum Gasteiger partial charge on any atom is -0.478 e. The van der Waals surface area contributed by atoms with Gasteiger partial charge < -0.3 is 5.11 Å². The lowest BCUT2D eigenvalue weighted by atomic mass is 9.93. The van der Waals surface area contributed by atoms with E-state index in [0.29, 0.717) is 5.57 Å². The molecule has 0 spiro atoms. The number of aliphatic carboxylic acids is 1. The van der Waals surface area contributed by atoms with Crippen LogP contribution in [0.3, 0.4) is 0 Å². The highest BCUT2D eigenvalue weighted by Gasteiger charge is 2.15. The fraction of sp³-hybridized carbons (Fsp3) is 0.444. The van der Waals surface area contributed by atoms with Gasteiger partial charge in [-0.25, -0.2) is 4.79 Å². The van der Waals surface area contributed by atoms with Crippen LogP contribution in [0.5, 0.6) is 0 Å². The van der Waals surface area contributed by atoms with Crippen molar-refractivity contribution in [3.8, 4) is 0 Å². The molecular weight excluding hydrogens is 140 g/mol. The molecule has 0 amide bonds. The first kappa shape index (κ1) is 8.05. The summed E-state index contributed by atoms with van der Waals surface area (Å²) in [4.78, 5) is 10.7. The van der Waals surface area contributed by atoms with E-state index in [9.17, 15) is 4.79 Å². The van der Waals surface area contributed by atoms with Crippen molar-refractivity contribution >= 4 is 5.97 Å². The van der Waals surface area contributed by atoms with Gasteiger partial charge in [-0.2, -0.15) is 0 Å². The topological polar surface area (TPSA) is 37.3 Å². The van der Waals surface area contributed by atoms with Gasteiger partial charge in [0.1, 0.15) is 0 Å². The molecular formula is C9H12O2. The Hall–Kier alpha value is -1.05. The fourth-order valence-corrected chi connectivity index (χ4v) is 1.42. The van der Waals surface area contributed by atoms with Crippen LogP contribution < -0.4 is 0 Å². The van der Waals surface area contributed by atoms with Gasteiger partial charge in [0.05, 0.1) is 5.57 Å². The summed E-state index contributed by atoms with van der Waals surface area (Å²) >= 11 is 0. The van der Waals surface area contributed by atoms with Gasteiger partial charge in [0, 0.05) is 0 Å². The van der Waals surface area contributed by atoms with Crippen LogP contribution in [0.2, 0.25) is 0 Å². The molecule has 0 bridgehead atoms. The second-order valence-corrected chi connectivity index (χ2v) is 2.89. The van der Waals surface area contributed by atoms with E-state index in [1.807, 2.05) is 19.9 Å². The molecule has 2 nitrogen and oxygen atoms in total. The maximum atomic E-state index is 10.7. The first-order chi connectivity index (χ1) is 5.13. The summed E-state index contributed by atoms with van der Waals surface area (Å²) < 4.78 is 0. The van der Waals surface area contributed by atoms with Crippen LogP contribution in [0, 0.1) is 0 Å². The third-order valence-electron chi connectivity index (χ3n) is 2.00. The first-order valence-corrected chi connectivity index (χ1v) is 3.73. The normalized spacial score (nSPS) is 18.2. The van der Waals surface area contributed by atoms with Gasteiger partial charge in [-0.15, -0.1) is 0 Å². The Morgan fingerprint density at radius 3 is 2.55 bits per heavy atom. The smallest absolute Gasteiger partial charge is 0.335 e. The predicted octanol–water partition coefficient (Wildman–Crippen LogP) is 2.13. The zero-order valence-electron chi connectivity index (χ0n) is 6.85. The number of carbonyl (C=O) groups is 1. The average Bonchev–Trinajstić information content (AvgIpc) is 1.85. The van der Waals surface area contributed by atoms with E-state index in [2.05, 4.69) is 0 Å². The van der Waals surface area contributed by atoms with Crippen molar-refractivity contribution in [3.05, 3.63) is 22.8 Å². The third kappa shape index (κ3) is 1.50. The monoisotopic (exact) mass is 152 g/mol. The van der Waals surface area contributed by atoms with E-state index >= 15 is 0 Å². The molecule has 1 aliphatic rings. The summed E-state index contributed by atoms with van der Waals surface area (Å²) in [6.07, 6.45) is 3.85. The van der Waals surface area contributed by atoms with E-state index in [0.717, 1.165) is 24.0 Å². The van der Waals surface area contributed by atoms with Gasteiger partial charge in [-0.05, 0) is 32.3 Å². The maximum absolute atomic E-state index is 10.7. The number of hydrogen-bond acceptors (Lipinski definition) is 1. The standard InChI is InChI=1S/C9H12O2/c1-6-4-3-5-7(2)8(6)9(10)11/h4H,3,5H2,1-2H3,(H,10,11). The molecule has 0 saturated carbocycles. The van der Waals surface area contributed by atoms with Gasteiger partial charge in [0.2, 0.25) is 0 Å². The molecule has 1 rings (SSSR count). The summed E-state index contributed by atoms with van der Waals surface area (Å²) in [6.45, 7) is 3.74. The molecule has 0 fully saturated rings. The Kier molecular flexibility index (Phi) is 2.13. The fourth-order valence-electron chi connectivity index (χ4n) is 1.42. The molecule has 0 atom stereocenters. The summed E-state index contributed by atoms with van der Waals surface area (Å²) in [5.74, 6) is -0.795. The molecule has 0 aromatic rings. The highest BCUT2D eigenvalue weighted by atomic mass is 16.4. The molecule has 0 radical (unpaired) electrons. The highest BCUT2D eigenvalue weighted by Crippen LogP contribution is 2.24. The van der Waals surface area contributed by atoms with Crippen molar-refractivity contribution in [2.24, 2.45) is 0 Å². The SMILES string of the molecule is CC1=CCCC(C)=C1C(=O)O. The molecule has 0 aromatic carbocycles. The molecule has 60 valence electrons. The van der Waals surface area contributed by atoms with Crippen LogP contribution in [0.15, 0.2) is 22.8 Å². The Morgan fingerprint density at radius 1 is 1.55 bits per heavy atom. The average molecular weight is 152 g/mol. The van der Waals surface area contributed by atoms with E-state index in [1.165, 1.54) is 0 Å². The Balaban J connectivity index is 3.04. The lowest BCUT2D eigenvalue weighted by molar-refractivity contribution is -0.132. The molecule has 1 aliphatic carbocycles. The molecule has 0 aromatic heterocycles. The predicted molar refractivity (Wildman–Crippen MR) is 43.3 cm³/mol. The van der Waals surface area contributed by atoms with Crippen molar-refractivity contribution < 1.29 is 9.90 Å². The first-order valence-electron chi connectivity index (χ1n) is 3.73. The van der Waals surface area contributed by atoms with Gasteiger partial charge >= 0.3 is 5.97 Å². The van der Waals surface area contributed by atoms with Crippen LogP contribution in [-0.2, 0) is 4.79 Å². The Morgan fingerprint density at radius 2 is 2.18 bits per heavy atom. The van der Waals surface area contributed by atoms with Crippen LogP contribution in [0.1, 0.15) is 26.7 Å². The number of rotatable bonds is 1. The number of hydrogen-bond donors (Lipinski definition) is 1. The zero-order chi connectivity index (χ0) is 8.43. The Labute approximate surface area is 66.2 Å². The van der Waals surface area contributed by atoms with Crippen molar-refractivity contribution in [2.45, 2.75) is 26.7 Å². The zero-order valence-corrected chi connectivity index (χ0v) is 6.85. The molecule has 0 aliphatic heterocycles. The van der Waals surface area contributed by atoms with Crippen molar-refractivity contribution in [2.75, 3.05) is 0 Å². The second-order valence-electron chi connectivity index (χ2n) is 2.89. The molecule has 11 heavy (non-hydrogen) atoms. The van der Waals surface area contributed by atoms with Gasteiger partial charge in [-0.3, -0.25) is 0 Å². The largest absolute Gasteiger partial charge is 0.478 e. The number of carboxylic acids is 1. The summed E-state index contributed by atoms with van der Waals surface area (Å²) in [6, 6.07) is 0. The van der Waals surface area contributed by atoms with E-state index in [4.69, 9.17) is 5.11 Å². The molecule has 2 heteroatoms.